The van der Waals surface area contributed by atoms with Crippen LogP contribution in [0.5, 0.6) is 11.5 Å². The Morgan fingerprint density at radius 3 is 2.63 bits per heavy atom. The van der Waals surface area contributed by atoms with Gasteiger partial charge in [0.2, 0.25) is 0 Å². The van der Waals surface area contributed by atoms with Crippen molar-refractivity contribution in [2.75, 3.05) is 0 Å². The summed E-state index contributed by atoms with van der Waals surface area (Å²) in [6.07, 6.45) is 0. The van der Waals surface area contributed by atoms with Gasteiger partial charge in [0.05, 0.1) is 4.92 Å². The lowest BCUT2D eigenvalue weighted by Gasteiger charge is -2.09. The second kappa shape index (κ2) is 5.84. The van der Waals surface area contributed by atoms with E-state index in [-0.39, 0.29) is 5.69 Å². The first-order valence-electron chi connectivity index (χ1n) is 5.68. The summed E-state index contributed by atoms with van der Waals surface area (Å²) in [6.45, 7) is 1.95. The molecule has 2 aromatic rings. The number of hydrogen-bond donors (Lipinski definition) is 0. The Morgan fingerprint density at radius 2 is 2.00 bits per heavy atom. The third-order valence-electron chi connectivity index (χ3n) is 2.71. The molecule has 98 valence electrons. The lowest BCUT2D eigenvalue weighted by Crippen LogP contribution is -1.94. The molecule has 2 aromatic carbocycles. The second-order valence-corrected chi connectivity index (χ2v) is 4.61. The maximum absolute atomic E-state index is 10.8. The van der Waals surface area contributed by atoms with E-state index in [1.807, 2.05) is 31.2 Å². The summed E-state index contributed by atoms with van der Waals surface area (Å²) in [7, 11) is 0. The van der Waals surface area contributed by atoms with Crippen LogP contribution in [0.4, 0.5) is 5.69 Å². The maximum atomic E-state index is 10.8. The van der Waals surface area contributed by atoms with Crippen LogP contribution in [-0.4, -0.2) is 4.92 Å². The average molecular weight is 322 g/mol. The highest BCUT2D eigenvalue weighted by molar-refractivity contribution is 9.08. The zero-order valence-electron chi connectivity index (χ0n) is 10.3. The zero-order chi connectivity index (χ0) is 13.8. The molecule has 0 amide bonds. The fourth-order valence-corrected chi connectivity index (χ4v) is 2.16. The minimum atomic E-state index is -0.395. The molecular weight excluding hydrogens is 310 g/mol. The predicted octanol–water partition coefficient (Wildman–Crippen LogP) is 4.59. The molecule has 0 spiro atoms. The van der Waals surface area contributed by atoms with Crippen molar-refractivity contribution in [1.29, 1.82) is 0 Å². The molecule has 0 bridgehead atoms. The summed E-state index contributed by atoms with van der Waals surface area (Å²) in [5, 5.41) is 11.3. The lowest BCUT2D eigenvalue weighted by atomic mass is 10.2. The fourth-order valence-electron chi connectivity index (χ4n) is 1.71. The Labute approximate surface area is 119 Å². The standard InChI is InChI=1S/C14H12BrNO3/c1-10-4-2-3-5-14(10)19-12-6-7-13(16(17)18)11(8-12)9-15/h2-8H,9H2,1H3. The van der Waals surface area contributed by atoms with Gasteiger partial charge in [-0.2, -0.15) is 0 Å². The lowest BCUT2D eigenvalue weighted by molar-refractivity contribution is -0.385. The molecule has 0 atom stereocenters. The molecule has 0 N–H and O–H groups in total. The Morgan fingerprint density at radius 1 is 1.26 bits per heavy atom. The molecule has 0 aliphatic heterocycles. The maximum Gasteiger partial charge on any atom is 0.273 e. The summed E-state index contributed by atoms with van der Waals surface area (Å²) in [6, 6.07) is 12.4. The van der Waals surface area contributed by atoms with Crippen molar-refractivity contribution in [2.45, 2.75) is 12.3 Å². The monoisotopic (exact) mass is 321 g/mol. The first kappa shape index (κ1) is 13.5. The third kappa shape index (κ3) is 3.12. The Bertz CT molecular complexity index is 613. The number of alkyl halides is 1. The minimum absolute atomic E-state index is 0.0917. The molecule has 0 aromatic heterocycles. The number of nitro benzene ring substituents is 1. The molecule has 4 nitrogen and oxygen atoms in total. The number of hydrogen-bond acceptors (Lipinski definition) is 3. The molecule has 0 aliphatic rings. The van der Waals surface area contributed by atoms with Crippen LogP contribution in [-0.2, 0) is 5.33 Å². The summed E-state index contributed by atoms with van der Waals surface area (Å²) in [4.78, 5) is 10.5. The van der Waals surface area contributed by atoms with Crippen LogP contribution in [0.15, 0.2) is 42.5 Å². The molecule has 0 radical (unpaired) electrons. The molecule has 19 heavy (non-hydrogen) atoms. The summed E-state index contributed by atoms with van der Waals surface area (Å²) in [5.41, 5.74) is 1.70. The molecular formula is C14H12BrNO3. The fraction of sp³-hybridized carbons (Fsp3) is 0.143. The summed E-state index contributed by atoms with van der Waals surface area (Å²) < 4.78 is 5.74. The highest BCUT2D eigenvalue weighted by Crippen LogP contribution is 2.30. The van der Waals surface area contributed by atoms with E-state index in [4.69, 9.17) is 4.74 Å². The van der Waals surface area contributed by atoms with Crippen LogP contribution in [0, 0.1) is 17.0 Å². The first-order valence-corrected chi connectivity index (χ1v) is 6.80. The number of halogens is 1. The molecule has 2 rings (SSSR count). The van der Waals surface area contributed by atoms with Crippen LogP contribution >= 0.6 is 15.9 Å². The number of nitro groups is 1. The van der Waals surface area contributed by atoms with Crippen LogP contribution in [0.3, 0.4) is 0 Å². The van der Waals surface area contributed by atoms with Crippen molar-refractivity contribution in [3.63, 3.8) is 0 Å². The quantitative estimate of drug-likeness (QED) is 0.470. The number of para-hydroxylation sites is 1. The van der Waals surface area contributed by atoms with Crippen molar-refractivity contribution in [1.82, 2.24) is 0 Å². The molecule has 0 heterocycles. The van der Waals surface area contributed by atoms with Gasteiger partial charge < -0.3 is 4.74 Å². The number of benzene rings is 2. The van der Waals surface area contributed by atoms with Gasteiger partial charge in [-0.15, -0.1) is 0 Å². The van der Waals surface area contributed by atoms with Crippen molar-refractivity contribution in [3.05, 3.63) is 63.7 Å². The summed E-state index contributed by atoms with van der Waals surface area (Å²) >= 11 is 3.25. The van der Waals surface area contributed by atoms with Crippen molar-refractivity contribution >= 4 is 21.6 Å². The third-order valence-corrected chi connectivity index (χ3v) is 3.32. The number of aryl methyl sites for hydroxylation is 1. The van der Waals surface area contributed by atoms with Gasteiger partial charge in [-0.25, -0.2) is 0 Å². The van der Waals surface area contributed by atoms with E-state index in [1.165, 1.54) is 6.07 Å². The molecule has 0 saturated carbocycles. The van der Waals surface area contributed by atoms with Gasteiger partial charge in [-0.3, -0.25) is 10.1 Å². The van der Waals surface area contributed by atoms with E-state index < -0.39 is 4.92 Å². The second-order valence-electron chi connectivity index (χ2n) is 4.05. The topological polar surface area (TPSA) is 52.4 Å². The van der Waals surface area contributed by atoms with Crippen molar-refractivity contribution < 1.29 is 9.66 Å². The van der Waals surface area contributed by atoms with Crippen LogP contribution in [0.1, 0.15) is 11.1 Å². The highest BCUT2D eigenvalue weighted by atomic mass is 79.9. The average Bonchev–Trinajstić information content (AvgIpc) is 2.41. The zero-order valence-corrected chi connectivity index (χ0v) is 11.9. The van der Waals surface area contributed by atoms with Gasteiger partial charge in [0, 0.05) is 17.0 Å². The molecule has 5 heteroatoms. The molecule has 0 saturated heterocycles. The highest BCUT2D eigenvalue weighted by Gasteiger charge is 2.14. The summed E-state index contributed by atoms with van der Waals surface area (Å²) in [5.74, 6) is 1.34. The Kier molecular flexibility index (Phi) is 4.16. The van der Waals surface area contributed by atoms with E-state index in [0.717, 1.165) is 11.3 Å². The van der Waals surface area contributed by atoms with E-state index in [2.05, 4.69) is 15.9 Å². The molecule has 0 aliphatic carbocycles. The van der Waals surface area contributed by atoms with Gasteiger partial charge in [-0.05, 0) is 30.7 Å². The normalized spacial score (nSPS) is 10.2. The van der Waals surface area contributed by atoms with Crippen molar-refractivity contribution in [3.8, 4) is 11.5 Å². The minimum Gasteiger partial charge on any atom is -0.457 e. The van der Waals surface area contributed by atoms with Crippen molar-refractivity contribution in [2.24, 2.45) is 0 Å². The number of ether oxygens (including phenoxy) is 1. The largest absolute Gasteiger partial charge is 0.457 e. The van der Waals surface area contributed by atoms with E-state index in [1.54, 1.807) is 12.1 Å². The van der Waals surface area contributed by atoms with E-state index >= 15 is 0 Å². The smallest absolute Gasteiger partial charge is 0.273 e. The predicted molar refractivity (Wildman–Crippen MR) is 77.0 cm³/mol. The SMILES string of the molecule is Cc1ccccc1Oc1ccc([N+](=O)[O-])c(CBr)c1. The number of rotatable bonds is 4. The molecule has 0 unspecified atom stereocenters. The molecule has 0 fully saturated rings. The van der Waals surface area contributed by atoms with E-state index in [9.17, 15) is 10.1 Å². The first-order chi connectivity index (χ1) is 9.11. The Hall–Kier alpha value is -1.88. The van der Waals surface area contributed by atoms with Crippen LogP contribution in [0.25, 0.3) is 0 Å². The van der Waals surface area contributed by atoms with Crippen LogP contribution < -0.4 is 4.74 Å². The van der Waals surface area contributed by atoms with Gasteiger partial charge in [0.25, 0.3) is 5.69 Å². The number of nitrogens with zero attached hydrogens (tertiary/aromatic N) is 1. The van der Waals surface area contributed by atoms with Gasteiger partial charge in [0.15, 0.2) is 0 Å². The van der Waals surface area contributed by atoms with Gasteiger partial charge >= 0.3 is 0 Å². The van der Waals surface area contributed by atoms with Gasteiger partial charge in [0.1, 0.15) is 11.5 Å². The van der Waals surface area contributed by atoms with E-state index in [0.29, 0.717) is 16.6 Å². The van der Waals surface area contributed by atoms with Gasteiger partial charge in [-0.1, -0.05) is 34.1 Å². The Balaban J connectivity index is 2.32. The van der Waals surface area contributed by atoms with Crippen LogP contribution in [0.2, 0.25) is 0 Å².